The Bertz CT molecular complexity index is 961. The van der Waals surface area contributed by atoms with Crippen LogP contribution in [0.2, 0.25) is 0 Å². The van der Waals surface area contributed by atoms with Gasteiger partial charge in [0.25, 0.3) is 5.92 Å². The standard InChI is InChI=1S/C13H18F2N4O2.C9H10FNO/c1-16-11-5-9(3-4-17-11)10(6-21-2)19-8-13(14,15)7-18-12(19)20;1-6-2-3-7(4-8(6)10)9(11)5-12/h3-5,10H,6-8H2,1-2H3,(H,16,17)(H,18,20);2-5,9H,11H2,1H3. The van der Waals surface area contributed by atoms with Gasteiger partial charge in [-0.15, -0.1) is 0 Å². The largest absolute Gasteiger partial charge is 0.382 e. The maximum atomic E-state index is 13.6. The average molecular weight is 467 g/mol. The lowest BCUT2D eigenvalue weighted by atomic mass is 10.1. The number of aryl methyl sites for hydroxylation is 1. The van der Waals surface area contributed by atoms with E-state index >= 15 is 0 Å². The van der Waals surface area contributed by atoms with Crippen LogP contribution in [0.5, 0.6) is 0 Å². The minimum atomic E-state index is -2.96. The molecular formula is C22H28F3N5O3. The second kappa shape index (κ2) is 11.6. The van der Waals surface area contributed by atoms with Gasteiger partial charge >= 0.3 is 6.03 Å². The van der Waals surface area contributed by atoms with Crippen LogP contribution in [0, 0.1) is 12.7 Å². The van der Waals surface area contributed by atoms with Gasteiger partial charge < -0.3 is 30.8 Å². The fraction of sp³-hybridized carbons (Fsp3) is 0.409. The van der Waals surface area contributed by atoms with Crippen molar-refractivity contribution in [2.45, 2.75) is 24.9 Å². The van der Waals surface area contributed by atoms with E-state index in [1.54, 1.807) is 44.4 Å². The molecule has 0 aliphatic carbocycles. The van der Waals surface area contributed by atoms with Crippen LogP contribution in [0.25, 0.3) is 0 Å². The molecule has 1 aliphatic heterocycles. The van der Waals surface area contributed by atoms with Crippen LogP contribution in [-0.4, -0.2) is 62.0 Å². The SMILES string of the molecule is CNc1cc(C(COC)N2CC(F)(F)CNC2=O)ccn1.Cc1ccc(C(N)C=O)cc1F. The molecule has 4 N–H and O–H groups in total. The Morgan fingerprint density at radius 2 is 2.06 bits per heavy atom. The third kappa shape index (κ3) is 7.16. The van der Waals surface area contributed by atoms with E-state index in [2.05, 4.69) is 15.6 Å². The summed E-state index contributed by atoms with van der Waals surface area (Å²) >= 11 is 0. The zero-order valence-electron chi connectivity index (χ0n) is 18.6. The molecule has 33 heavy (non-hydrogen) atoms. The summed E-state index contributed by atoms with van der Waals surface area (Å²) in [5.41, 5.74) is 7.12. The number of urea groups is 1. The van der Waals surface area contributed by atoms with Crippen LogP contribution in [-0.2, 0) is 9.53 Å². The zero-order chi connectivity index (χ0) is 24.6. The van der Waals surface area contributed by atoms with Crippen LogP contribution in [0.3, 0.4) is 0 Å². The maximum absolute atomic E-state index is 13.6. The number of nitrogens with two attached hydrogens (primary N) is 1. The molecule has 1 saturated heterocycles. The highest BCUT2D eigenvalue weighted by Crippen LogP contribution is 2.28. The number of ether oxygens (including phenoxy) is 1. The van der Waals surface area contributed by atoms with Crippen molar-refractivity contribution in [1.29, 1.82) is 0 Å². The van der Waals surface area contributed by atoms with E-state index in [0.717, 1.165) is 4.90 Å². The van der Waals surface area contributed by atoms with Crippen LogP contribution < -0.4 is 16.4 Å². The van der Waals surface area contributed by atoms with E-state index in [-0.39, 0.29) is 12.4 Å². The number of hydrogen-bond acceptors (Lipinski definition) is 6. The van der Waals surface area contributed by atoms with Crippen molar-refractivity contribution in [1.82, 2.24) is 15.2 Å². The molecule has 3 rings (SSSR count). The van der Waals surface area contributed by atoms with Crippen molar-refractivity contribution in [3.8, 4) is 0 Å². The number of carbonyl (C=O) groups is 2. The number of anilines is 1. The molecule has 0 spiro atoms. The van der Waals surface area contributed by atoms with E-state index in [4.69, 9.17) is 10.5 Å². The Labute approximate surface area is 190 Å². The average Bonchev–Trinajstić information content (AvgIpc) is 2.81. The van der Waals surface area contributed by atoms with Gasteiger partial charge in [0.15, 0.2) is 0 Å². The molecule has 2 amide bonds. The molecule has 1 aromatic carbocycles. The number of benzene rings is 1. The number of pyridine rings is 1. The summed E-state index contributed by atoms with van der Waals surface area (Å²) in [6, 6.07) is 6.09. The molecule has 2 heterocycles. The predicted molar refractivity (Wildman–Crippen MR) is 118 cm³/mol. The number of nitrogens with one attached hydrogen (secondary N) is 2. The number of methoxy groups -OCH3 is 1. The maximum Gasteiger partial charge on any atom is 0.318 e. The Kier molecular flexibility index (Phi) is 9.18. The first-order valence-corrected chi connectivity index (χ1v) is 10.1. The quantitative estimate of drug-likeness (QED) is 0.541. The van der Waals surface area contributed by atoms with Crippen molar-refractivity contribution in [2.75, 3.05) is 39.2 Å². The fourth-order valence-electron chi connectivity index (χ4n) is 3.15. The molecule has 8 nitrogen and oxygen atoms in total. The second-order valence-corrected chi connectivity index (χ2v) is 7.51. The number of aldehydes is 1. The lowest BCUT2D eigenvalue weighted by Gasteiger charge is -2.38. The minimum Gasteiger partial charge on any atom is -0.382 e. The Hall–Kier alpha value is -3.18. The molecule has 11 heteroatoms. The number of aromatic nitrogens is 1. The summed E-state index contributed by atoms with van der Waals surface area (Å²) in [4.78, 5) is 27.3. The molecular weight excluding hydrogens is 439 g/mol. The first-order chi connectivity index (χ1) is 15.6. The van der Waals surface area contributed by atoms with Gasteiger partial charge in [-0.3, -0.25) is 0 Å². The van der Waals surface area contributed by atoms with E-state index in [1.165, 1.54) is 13.2 Å². The Morgan fingerprint density at radius 3 is 2.67 bits per heavy atom. The Balaban J connectivity index is 0.000000273. The molecule has 0 bridgehead atoms. The number of rotatable bonds is 7. The highest BCUT2D eigenvalue weighted by molar-refractivity contribution is 5.76. The number of carbonyl (C=O) groups excluding carboxylic acids is 2. The van der Waals surface area contributed by atoms with Gasteiger partial charge in [0.2, 0.25) is 0 Å². The van der Waals surface area contributed by atoms with E-state index in [1.807, 2.05) is 0 Å². The van der Waals surface area contributed by atoms with Crippen molar-refractivity contribution in [3.05, 3.63) is 59.0 Å². The van der Waals surface area contributed by atoms with Crippen molar-refractivity contribution >= 4 is 18.1 Å². The highest BCUT2D eigenvalue weighted by atomic mass is 19.3. The summed E-state index contributed by atoms with van der Waals surface area (Å²) in [7, 11) is 3.17. The van der Waals surface area contributed by atoms with Gasteiger partial charge in [0, 0.05) is 20.4 Å². The second-order valence-electron chi connectivity index (χ2n) is 7.51. The summed E-state index contributed by atoms with van der Waals surface area (Å²) in [6.07, 6.45) is 2.15. The molecule has 1 fully saturated rings. The smallest absolute Gasteiger partial charge is 0.318 e. The summed E-state index contributed by atoms with van der Waals surface area (Å²) in [5, 5.41) is 5.09. The van der Waals surface area contributed by atoms with Gasteiger partial charge in [0.1, 0.15) is 17.9 Å². The first-order valence-electron chi connectivity index (χ1n) is 10.1. The normalized spacial score (nSPS) is 16.7. The topological polar surface area (TPSA) is 110 Å². The van der Waals surface area contributed by atoms with E-state index in [0.29, 0.717) is 28.8 Å². The van der Waals surface area contributed by atoms with Crippen molar-refractivity contribution < 1.29 is 27.5 Å². The summed E-state index contributed by atoms with van der Waals surface area (Å²) in [5.74, 6) is -2.69. The first kappa shape index (κ1) is 26.1. The van der Waals surface area contributed by atoms with Crippen LogP contribution >= 0.6 is 0 Å². The Morgan fingerprint density at radius 1 is 1.33 bits per heavy atom. The van der Waals surface area contributed by atoms with Gasteiger partial charge in [-0.25, -0.2) is 22.9 Å². The molecule has 1 aromatic heterocycles. The highest BCUT2D eigenvalue weighted by Gasteiger charge is 2.42. The summed E-state index contributed by atoms with van der Waals surface area (Å²) < 4.78 is 45.1. The molecule has 0 saturated carbocycles. The fourth-order valence-corrected chi connectivity index (χ4v) is 3.15. The third-order valence-electron chi connectivity index (χ3n) is 5.01. The van der Waals surface area contributed by atoms with E-state index in [9.17, 15) is 22.8 Å². The number of alkyl halides is 2. The lowest BCUT2D eigenvalue weighted by Crippen LogP contribution is -2.58. The van der Waals surface area contributed by atoms with Crippen LogP contribution in [0.4, 0.5) is 23.8 Å². The molecule has 2 unspecified atom stereocenters. The molecule has 180 valence electrons. The molecule has 2 atom stereocenters. The van der Waals surface area contributed by atoms with Crippen LogP contribution in [0.15, 0.2) is 36.5 Å². The van der Waals surface area contributed by atoms with Crippen LogP contribution in [0.1, 0.15) is 28.8 Å². The van der Waals surface area contributed by atoms with E-state index < -0.39 is 37.1 Å². The monoisotopic (exact) mass is 467 g/mol. The molecule has 1 aliphatic rings. The number of hydrogen-bond donors (Lipinski definition) is 3. The minimum absolute atomic E-state index is 0.122. The van der Waals surface area contributed by atoms with Gasteiger partial charge in [-0.05, 0) is 41.8 Å². The molecule has 0 radical (unpaired) electrons. The predicted octanol–water partition coefficient (Wildman–Crippen LogP) is 2.80. The third-order valence-corrected chi connectivity index (χ3v) is 5.01. The zero-order valence-corrected chi connectivity index (χ0v) is 18.6. The van der Waals surface area contributed by atoms with Gasteiger partial charge in [-0.2, -0.15) is 0 Å². The summed E-state index contributed by atoms with van der Waals surface area (Å²) in [6.45, 7) is 0.506. The van der Waals surface area contributed by atoms with Crippen molar-refractivity contribution in [2.24, 2.45) is 5.73 Å². The van der Waals surface area contributed by atoms with Gasteiger partial charge in [0.05, 0.1) is 31.8 Å². The lowest BCUT2D eigenvalue weighted by molar-refractivity contribution is -0.109. The number of nitrogens with zero attached hydrogens (tertiary/aromatic N) is 2. The van der Waals surface area contributed by atoms with Gasteiger partial charge in [-0.1, -0.05) is 12.1 Å². The number of halogens is 3. The number of amides is 2. The van der Waals surface area contributed by atoms with Crippen molar-refractivity contribution in [3.63, 3.8) is 0 Å². The molecule has 2 aromatic rings.